The van der Waals surface area contributed by atoms with Gasteiger partial charge in [0.05, 0.1) is 33.4 Å². The fourth-order valence-corrected chi connectivity index (χ4v) is 8.31. The van der Waals surface area contributed by atoms with E-state index in [9.17, 15) is 0 Å². The summed E-state index contributed by atoms with van der Waals surface area (Å²) < 4.78 is 4.84. The Bertz CT molecular complexity index is 2410. The highest BCUT2D eigenvalue weighted by Crippen LogP contribution is 2.39. The van der Waals surface area contributed by atoms with Crippen LogP contribution in [0, 0.1) is 0 Å². The lowest BCUT2D eigenvalue weighted by atomic mass is 9.92. The summed E-state index contributed by atoms with van der Waals surface area (Å²) >= 11 is 0. The zero-order valence-electron chi connectivity index (χ0n) is 33.5. The van der Waals surface area contributed by atoms with Crippen LogP contribution in [-0.2, 0) is 6.42 Å². The van der Waals surface area contributed by atoms with Gasteiger partial charge in [0.25, 0.3) is 0 Å². The first kappa shape index (κ1) is 36.2. The highest BCUT2D eigenvalue weighted by atomic mass is 15.1. The van der Waals surface area contributed by atoms with Crippen molar-refractivity contribution in [2.24, 2.45) is 0 Å². The minimum atomic E-state index is 0.366. The summed E-state index contributed by atoms with van der Waals surface area (Å²) in [4.78, 5) is 10.6. The molecule has 4 nitrogen and oxygen atoms in total. The predicted molar refractivity (Wildman–Crippen MR) is 232 cm³/mol. The Hall–Kier alpha value is -5.74. The number of fused-ring (bicyclic) bond motifs is 2. The van der Waals surface area contributed by atoms with Gasteiger partial charge >= 0.3 is 0 Å². The van der Waals surface area contributed by atoms with Crippen LogP contribution < -0.4 is 0 Å². The molecule has 0 aliphatic carbocycles. The van der Waals surface area contributed by atoms with Crippen LogP contribution in [0.1, 0.15) is 112 Å². The zero-order valence-corrected chi connectivity index (χ0v) is 33.5. The lowest BCUT2D eigenvalue weighted by Crippen LogP contribution is -2.08. The van der Waals surface area contributed by atoms with E-state index in [-0.39, 0.29) is 0 Å². The van der Waals surface area contributed by atoms with E-state index in [2.05, 4.69) is 198 Å². The summed E-state index contributed by atoms with van der Waals surface area (Å²) in [7, 11) is 0. The van der Waals surface area contributed by atoms with Gasteiger partial charge in [-0.25, -0.2) is 9.97 Å². The van der Waals surface area contributed by atoms with Crippen molar-refractivity contribution in [3.8, 4) is 34.2 Å². The third kappa shape index (κ3) is 6.69. The number of rotatable bonds is 10. The number of imidazole rings is 2. The van der Waals surface area contributed by atoms with E-state index in [1.165, 1.54) is 44.8 Å². The molecular formula is C51H52N4. The summed E-state index contributed by atoms with van der Waals surface area (Å²) in [6.45, 7) is 18.3. The second-order valence-corrected chi connectivity index (χ2v) is 16.3. The molecule has 0 N–H and O–H groups in total. The Morgan fingerprint density at radius 3 is 1.11 bits per heavy atom. The van der Waals surface area contributed by atoms with Gasteiger partial charge in [-0.15, -0.1) is 0 Å². The van der Waals surface area contributed by atoms with Crippen molar-refractivity contribution in [3.05, 3.63) is 167 Å². The first-order valence-corrected chi connectivity index (χ1v) is 20.0. The largest absolute Gasteiger partial charge is 0.292 e. The van der Waals surface area contributed by atoms with Crippen LogP contribution in [0.3, 0.4) is 0 Å². The molecule has 2 heterocycles. The van der Waals surface area contributed by atoms with Gasteiger partial charge in [-0.3, -0.25) is 9.13 Å². The van der Waals surface area contributed by atoms with Crippen molar-refractivity contribution in [1.82, 2.24) is 19.1 Å². The highest BCUT2D eigenvalue weighted by molar-refractivity contribution is 5.86. The normalized spacial score (nSPS) is 12.0. The van der Waals surface area contributed by atoms with Crippen LogP contribution in [-0.4, -0.2) is 19.1 Å². The van der Waals surface area contributed by atoms with E-state index in [1.54, 1.807) is 0 Å². The molecule has 8 aromatic rings. The Kier molecular flexibility index (Phi) is 9.77. The highest BCUT2D eigenvalue weighted by Gasteiger charge is 2.24. The summed E-state index contributed by atoms with van der Waals surface area (Å²) in [5, 5.41) is 0. The van der Waals surface area contributed by atoms with Crippen molar-refractivity contribution in [3.63, 3.8) is 0 Å². The number of hydrogen-bond acceptors (Lipinski definition) is 2. The van der Waals surface area contributed by atoms with E-state index in [1.807, 2.05) is 0 Å². The van der Waals surface area contributed by atoms with Crippen LogP contribution >= 0.6 is 0 Å². The molecule has 0 unspecified atom stereocenters. The topological polar surface area (TPSA) is 35.6 Å². The van der Waals surface area contributed by atoms with Crippen molar-refractivity contribution < 1.29 is 0 Å². The van der Waals surface area contributed by atoms with E-state index < -0.39 is 0 Å². The van der Waals surface area contributed by atoms with E-state index >= 15 is 0 Å². The quantitative estimate of drug-likeness (QED) is 0.141. The molecule has 4 heteroatoms. The number of nitrogens with zero attached hydrogens (tertiary/aromatic N) is 4. The van der Waals surface area contributed by atoms with Gasteiger partial charge in [-0.2, -0.15) is 0 Å². The second-order valence-electron chi connectivity index (χ2n) is 16.3. The molecule has 2 aromatic heterocycles. The average molecular weight is 721 g/mol. The molecule has 276 valence electrons. The van der Waals surface area contributed by atoms with Gasteiger partial charge in [0.2, 0.25) is 0 Å². The SMILES string of the molecule is CC(C)c1cccc(C(C)C)c1-n1c(-c2cccc(Cc3cccc(-c4nc5ccccc5n4-c4c(C(C)C)cccc4C(C)C)c3)c2)nc2ccccc21. The molecule has 0 bridgehead atoms. The third-order valence-corrected chi connectivity index (χ3v) is 11.0. The first-order chi connectivity index (χ1) is 26.6. The standard InChI is InChI=1S/C51H52N4/c1-32(2)40-21-15-22-41(33(3)4)48(40)54-46-27-11-9-25-44(46)52-50(54)38-19-13-17-36(30-38)29-37-18-14-20-39(31-37)51-53-45-26-10-12-28-47(45)55(51)49-42(34(5)6)23-16-24-43(49)35(7)8/h9-28,30-35H,29H2,1-8H3. The fraction of sp³-hybridized carbons (Fsp3) is 0.255. The summed E-state index contributed by atoms with van der Waals surface area (Å²) in [6, 6.07) is 48.6. The molecule has 8 rings (SSSR count). The second kappa shape index (κ2) is 14.8. The predicted octanol–water partition coefficient (Wildman–Crippen LogP) is 13.8. The van der Waals surface area contributed by atoms with Crippen molar-refractivity contribution in [2.45, 2.75) is 85.5 Å². The third-order valence-electron chi connectivity index (χ3n) is 11.0. The van der Waals surface area contributed by atoms with Crippen LogP contribution in [0.2, 0.25) is 0 Å². The molecule has 0 saturated heterocycles. The maximum absolute atomic E-state index is 5.31. The van der Waals surface area contributed by atoms with Crippen molar-refractivity contribution in [2.75, 3.05) is 0 Å². The van der Waals surface area contributed by atoms with Gasteiger partial charge in [-0.05, 0) is 99.9 Å². The number of hydrogen-bond donors (Lipinski definition) is 0. The maximum atomic E-state index is 5.31. The molecule has 0 aliphatic rings. The van der Waals surface area contributed by atoms with Crippen LogP contribution in [0.4, 0.5) is 0 Å². The zero-order chi connectivity index (χ0) is 38.4. The van der Waals surface area contributed by atoms with E-state index in [0.29, 0.717) is 23.7 Å². The summed E-state index contributed by atoms with van der Waals surface area (Å²) in [5.74, 6) is 3.42. The smallest absolute Gasteiger partial charge is 0.145 e. The van der Waals surface area contributed by atoms with Gasteiger partial charge in [0.1, 0.15) is 11.6 Å². The lowest BCUT2D eigenvalue weighted by molar-refractivity contribution is 0.810. The van der Waals surface area contributed by atoms with E-state index in [0.717, 1.165) is 51.3 Å². The van der Waals surface area contributed by atoms with Crippen molar-refractivity contribution in [1.29, 1.82) is 0 Å². The van der Waals surface area contributed by atoms with Crippen LogP contribution in [0.15, 0.2) is 133 Å². The molecule has 6 aromatic carbocycles. The van der Waals surface area contributed by atoms with Gasteiger partial charge < -0.3 is 0 Å². The molecule has 0 radical (unpaired) electrons. The van der Waals surface area contributed by atoms with Gasteiger partial charge in [0, 0.05) is 11.1 Å². The molecular weight excluding hydrogens is 669 g/mol. The Morgan fingerprint density at radius 2 is 0.745 bits per heavy atom. The minimum absolute atomic E-state index is 0.366. The van der Waals surface area contributed by atoms with Gasteiger partial charge in [-0.1, -0.05) is 152 Å². The molecule has 0 aliphatic heterocycles. The molecule has 0 amide bonds. The molecule has 0 spiro atoms. The molecule has 0 saturated carbocycles. The summed E-state index contributed by atoms with van der Waals surface area (Å²) in [6.07, 6.45) is 0.793. The van der Waals surface area contributed by atoms with Gasteiger partial charge in [0.15, 0.2) is 0 Å². The Balaban J connectivity index is 1.23. The molecule has 0 atom stereocenters. The number of aromatic nitrogens is 4. The number of benzene rings is 6. The fourth-order valence-electron chi connectivity index (χ4n) is 8.31. The Labute approximate surface area is 326 Å². The first-order valence-electron chi connectivity index (χ1n) is 20.0. The summed E-state index contributed by atoms with van der Waals surface area (Å²) in [5.41, 5.74) is 16.9. The lowest BCUT2D eigenvalue weighted by Gasteiger charge is -2.23. The van der Waals surface area contributed by atoms with E-state index in [4.69, 9.17) is 9.97 Å². The van der Waals surface area contributed by atoms with Crippen LogP contribution in [0.25, 0.3) is 56.2 Å². The number of para-hydroxylation sites is 6. The monoisotopic (exact) mass is 720 g/mol. The van der Waals surface area contributed by atoms with Crippen LogP contribution in [0.5, 0.6) is 0 Å². The minimum Gasteiger partial charge on any atom is -0.292 e. The average Bonchev–Trinajstić information content (AvgIpc) is 3.76. The molecule has 0 fully saturated rings. The molecule has 55 heavy (non-hydrogen) atoms. The Morgan fingerprint density at radius 1 is 0.400 bits per heavy atom. The maximum Gasteiger partial charge on any atom is 0.145 e. The van der Waals surface area contributed by atoms with Crippen molar-refractivity contribution >= 4 is 22.1 Å².